The maximum absolute atomic E-state index is 12.2. The number of rotatable bonds is 6. The van der Waals surface area contributed by atoms with Crippen LogP contribution in [0.2, 0.25) is 0 Å². The molecule has 8 heteroatoms. The van der Waals surface area contributed by atoms with Crippen molar-refractivity contribution in [3.8, 4) is 0 Å². The molecule has 0 aliphatic rings. The lowest BCUT2D eigenvalue weighted by Gasteiger charge is -2.15. The van der Waals surface area contributed by atoms with E-state index < -0.39 is 5.97 Å². The van der Waals surface area contributed by atoms with Gasteiger partial charge in [0, 0.05) is 11.4 Å². The van der Waals surface area contributed by atoms with Gasteiger partial charge in [-0.05, 0) is 44.8 Å². The highest BCUT2D eigenvalue weighted by atomic mass is 32.1. The molecular formula is C18H22N4O3S. The van der Waals surface area contributed by atoms with E-state index in [2.05, 4.69) is 33.2 Å². The first kappa shape index (κ1) is 18.3. The third-order valence-electron chi connectivity index (χ3n) is 4.07. The van der Waals surface area contributed by atoms with Crippen molar-refractivity contribution in [3.63, 3.8) is 0 Å². The second kappa shape index (κ2) is 7.43. The second-order valence-corrected chi connectivity index (χ2v) is 7.16. The Hall–Kier alpha value is -2.45. The van der Waals surface area contributed by atoms with Gasteiger partial charge < -0.3 is 14.9 Å². The number of esters is 1. The number of hydrogen-bond acceptors (Lipinski definition) is 8. The summed E-state index contributed by atoms with van der Waals surface area (Å²) in [4.78, 5) is 24.4. The Balaban J connectivity index is 1.87. The van der Waals surface area contributed by atoms with E-state index in [0.717, 1.165) is 6.54 Å². The number of thiophene rings is 1. The first-order chi connectivity index (χ1) is 12.4. The van der Waals surface area contributed by atoms with Crippen molar-refractivity contribution in [2.45, 2.75) is 33.9 Å². The highest BCUT2D eigenvalue weighted by molar-refractivity contribution is 7.10. The van der Waals surface area contributed by atoms with Gasteiger partial charge in [-0.3, -0.25) is 4.90 Å². The minimum Gasteiger partial charge on any atom is -0.462 e. The minimum absolute atomic E-state index is 0.227. The molecule has 0 aliphatic heterocycles. The molecular weight excluding hydrogens is 352 g/mol. The van der Waals surface area contributed by atoms with Crippen molar-refractivity contribution in [1.29, 1.82) is 0 Å². The molecule has 138 valence electrons. The lowest BCUT2D eigenvalue weighted by atomic mass is 10.2. The standard InChI is InChI=1S/C18H22N4O3S/c1-5-24-18(23)14-11(3)25-17-15(14)16(19)20-13(21-17)9-22(4)8-12-10(2)6-7-26-12/h6-7H,5,8-9H2,1-4H3,(H2,19,20,21). The van der Waals surface area contributed by atoms with Gasteiger partial charge in [-0.1, -0.05) is 0 Å². The zero-order valence-electron chi connectivity index (χ0n) is 15.3. The number of aromatic nitrogens is 2. The van der Waals surface area contributed by atoms with E-state index >= 15 is 0 Å². The van der Waals surface area contributed by atoms with Crippen molar-refractivity contribution in [1.82, 2.24) is 14.9 Å². The van der Waals surface area contributed by atoms with Crippen LogP contribution in [0.1, 0.15) is 39.3 Å². The van der Waals surface area contributed by atoms with Crippen LogP contribution >= 0.6 is 11.3 Å². The molecule has 26 heavy (non-hydrogen) atoms. The first-order valence-electron chi connectivity index (χ1n) is 8.34. The highest BCUT2D eigenvalue weighted by Gasteiger charge is 2.24. The molecule has 7 nitrogen and oxygen atoms in total. The number of fused-ring (bicyclic) bond motifs is 1. The first-order valence-corrected chi connectivity index (χ1v) is 9.22. The van der Waals surface area contributed by atoms with Crippen LogP contribution in [0, 0.1) is 13.8 Å². The normalized spacial score (nSPS) is 11.4. The second-order valence-electron chi connectivity index (χ2n) is 6.16. The van der Waals surface area contributed by atoms with Crippen molar-refractivity contribution < 1.29 is 13.9 Å². The smallest absolute Gasteiger partial charge is 0.342 e. The number of nitrogens with zero attached hydrogens (tertiary/aromatic N) is 3. The Labute approximate surface area is 155 Å². The van der Waals surface area contributed by atoms with Gasteiger partial charge in [0.25, 0.3) is 0 Å². The molecule has 0 saturated heterocycles. The van der Waals surface area contributed by atoms with Crippen molar-refractivity contribution in [2.24, 2.45) is 0 Å². The average molecular weight is 374 g/mol. The Kier molecular flexibility index (Phi) is 5.24. The predicted molar refractivity (Wildman–Crippen MR) is 101 cm³/mol. The van der Waals surface area contributed by atoms with Crippen LogP contribution in [0.25, 0.3) is 11.1 Å². The molecule has 3 aromatic heterocycles. The number of carbonyl (C=O) groups is 1. The van der Waals surface area contributed by atoms with E-state index in [1.807, 2.05) is 7.05 Å². The van der Waals surface area contributed by atoms with Crippen LogP contribution in [0.5, 0.6) is 0 Å². The fraction of sp³-hybridized carbons (Fsp3) is 0.389. The molecule has 0 unspecified atom stereocenters. The molecule has 0 saturated carbocycles. The van der Waals surface area contributed by atoms with Crippen molar-refractivity contribution in [2.75, 3.05) is 19.4 Å². The summed E-state index contributed by atoms with van der Waals surface area (Å²) in [5, 5.41) is 2.50. The number of nitrogens with two attached hydrogens (primary N) is 1. The number of carbonyl (C=O) groups excluding carboxylic acids is 1. The minimum atomic E-state index is -0.475. The van der Waals surface area contributed by atoms with Crippen LogP contribution in [0.3, 0.4) is 0 Å². The molecule has 0 aliphatic carbocycles. The number of furan rings is 1. The van der Waals surface area contributed by atoms with Crippen LogP contribution in [0.15, 0.2) is 15.9 Å². The molecule has 0 spiro atoms. The number of ether oxygens (including phenoxy) is 1. The zero-order chi connectivity index (χ0) is 18.8. The van der Waals surface area contributed by atoms with Gasteiger partial charge >= 0.3 is 5.97 Å². The van der Waals surface area contributed by atoms with E-state index in [-0.39, 0.29) is 12.4 Å². The van der Waals surface area contributed by atoms with Crippen LogP contribution in [-0.4, -0.2) is 34.5 Å². The SMILES string of the molecule is CCOC(=O)c1c(C)oc2nc(CN(C)Cc3sccc3C)nc(N)c12. The lowest BCUT2D eigenvalue weighted by Crippen LogP contribution is -2.19. The van der Waals surface area contributed by atoms with Gasteiger partial charge in [0.15, 0.2) is 0 Å². The molecule has 0 radical (unpaired) electrons. The highest BCUT2D eigenvalue weighted by Crippen LogP contribution is 2.29. The Bertz CT molecular complexity index is 947. The maximum atomic E-state index is 12.2. The van der Waals surface area contributed by atoms with Gasteiger partial charge in [0.2, 0.25) is 5.71 Å². The number of anilines is 1. The van der Waals surface area contributed by atoms with Gasteiger partial charge in [0.1, 0.15) is 23.0 Å². The van der Waals surface area contributed by atoms with Crippen LogP contribution < -0.4 is 5.73 Å². The van der Waals surface area contributed by atoms with E-state index in [0.29, 0.717) is 34.8 Å². The van der Waals surface area contributed by atoms with Crippen molar-refractivity contribution >= 4 is 34.2 Å². The van der Waals surface area contributed by atoms with Crippen LogP contribution in [0.4, 0.5) is 5.82 Å². The molecule has 0 amide bonds. The molecule has 3 rings (SSSR count). The van der Waals surface area contributed by atoms with E-state index in [1.54, 1.807) is 25.2 Å². The molecule has 0 aromatic carbocycles. The van der Waals surface area contributed by atoms with Gasteiger partial charge in [-0.2, -0.15) is 4.98 Å². The maximum Gasteiger partial charge on any atom is 0.342 e. The van der Waals surface area contributed by atoms with E-state index in [4.69, 9.17) is 14.9 Å². The van der Waals surface area contributed by atoms with E-state index in [1.165, 1.54) is 10.4 Å². The fourth-order valence-corrected chi connectivity index (χ4v) is 3.80. The third kappa shape index (κ3) is 3.56. The summed E-state index contributed by atoms with van der Waals surface area (Å²) in [5.74, 6) is 0.734. The Morgan fingerprint density at radius 3 is 2.77 bits per heavy atom. The molecule has 0 bridgehead atoms. The Morgan fingerprint density at radius 1 is 1.35 bits per heavy atom. The number of hydrogen-bond donors (Lipinski definition) is 1. The van der Waals surface area contributed by atoms with Gasteiger partial charge in [0.05, 0.1) is 18.5 Å². The van der Waals surface area contributed by atoms with E-state index in [9.17, 15) is 4.79 Å². The predicted octanol–water partition coefficient (Wildman–Crippen LogP) is 3.29. The number of nitrogen functional groups attached to an aromatic ring is 1. The summed E-state index contributed by atoms with van der Waals surface area (Å²) in [6.45, 7) is 7.14. The monoisotopic (exact) mass is 374 g/mol. The van der Waals surface area contributed by atoms with Crippen LogP contribution in [-0.2, 0) is 17.8 Å². The summed E-state index contributed by atoms with van der Waals surface area (Å²) >= 11 is 1.73. The molecule has 3 heterocycles. The quantitative estimate of drug-likeness (QED) is 0.662. The van der Waals surface area contributed by atoms with Crippen molar-refractivity contribution in [3.05, 3.63) is 39.0 Å². The molecule has 0 atom stereocenters. The number of aryl methyl sites for hydroxylation is 2. The fourth-order valence-electron chi connectivity index (χ4n) is 2.81. The molecule has 3 aromatic rings. The lowest BCUT2D eigenvalue weighted by molar-refractivity contribution is 0.0526. The summed E-state index contributed by atoms with van der Waals surface area (Å²) in [6, 6.07) is 2.11. The topological polar surface area (TPSA) is 94.5 Å². The summed E-state index contributed by atoms with van der Waals surface area (Å²) in [7, 11) is 2.00. The zero-order valence-corrected chi connectivity index (χ0v) is 16.1. The summed E-state index contributed by atoms with van der Waals surface area (Å²) in [5.41, 5.74) is 8.00. The van der Waals surface area contributed by atoms with Gasteiger partial charge in [-0.25, -0.2) is 9.78 Å². The summed E-state index contributed by atoms with van der Waals surface area (Å²) in [6.07, 6.45) is 0. The largest absolute Gasteiger partial charge is 0.462 e. The molecule has 0 fully saturated rings. The van der Waals surface area contributed by atoms with Gasteiger partial charge in [-0.15, -0.1) is 11.3 Å². The summed E-state index contributed by atoms with van der Waals surface area (Å²) < 4.78 is 10.7. The molecule has 2 N–H and O–H groups in total. The average Bonchev–Trinajstić information content (AvgIpc) is 3.10. The third-order valence-corrected chi connectivity index (χ3v) is 5.08. The Morgan fingerprint density at radius 2 is 2.12 bits per heavy atom.